The number of hydrogen-bond acceptors (Lipinski definition) is 4. The van der Waals surface area contributed by atoms with Gasteiger partial charge in [-0.15, -0.1) is 0 Å². The number of nitrogens with one attached hydrogen (secondary N) is 2. The van der Waals surface area contributed by atoms with Gasteiger partial charge in [-0.1, -0.05) is 60.6 Å². The number of rotatable bonds is 4. The number of nitrogens with two attached hydrogens (primary N) is 1. The molecule has 3 fully saturated rings. The summed E-state index contributed by atoms with van der Waals surface area (Å²) < 4.78 is 0. The summed E-state index contributed by atoms with van der Waals surface area (Å²) in [6, 6.07) is 0. The van der Waals surface area contributed by atoms with Crippen LogP contribution in [-0.4, -0.2) is 33.1 Å². The lowest BCUT2D eigenvalue weighted by Gasteiger charge is -2.58. The number of carbonyl (C=O) groups is 1. The quantitative estimate of drug-likeness (QED) is 0.268. The monoisotopic (exact) mass is 505 g/mol. The molecule has 7 atom stereocenters. The van der Waals surface area contributed by atoms with Gasteiger partial charge in [0, 0.05) is 11.6 Å². The Morgan fingerprint density at radius 1 is 1.14 bits per heavy atom. The Kier molecular flexibility index (Phi) is 14.4. The van der Waals surface area contributed by atoms with Crippen molar-refractivity contribution in [3.05, 3.63) is 11.6 Å². The van der Waals surface area contributed by atoms with Gasteiger partial charge in [0.25, 0.3) is 0 Å². The minimum absolute atomic E-state index is 0. The SMILES string of the molecule is C.C=O.CC(=N)C1CCC2C3CC=C4CC(C)CCC4(C)C3CCC12C.CCC(C)(C)CNC.CN. The Hall–Kier alpha value is -1.00. The topological polar surface area (TPSA) is 79.0 Å². The smallest absolute Gasteiger partial charge is 0.106 e. The first-order valence-corrected chi connectivity index (χ1v) is 14.2. The second-order valence-corrected chi connectivity index (χ2v) is 13.0. The predicted molar refractivity (Wildman–Crippen MR) is 160 cm³/mol. The molecule has 0 amide bonds. The van der Waals surface area contributed by atoms with Crippen molar-refractivity contribution in [3.63, 3.8) is 0 Å². The standard InChI is InChI=1S/C22H35N.C7H17N.CH5N.CH2O.CH4/c1-14-9-11-21(3)16(13-14)5-6-17-19-8-7-18(15(2)23)22(19,4)12-10-20(17)21;1-5-7(2,3)6-8-4;2*1-2;/h5,14,17-20,23H,6-13H2,1-4H3;8H,5-6H2,1-4H3;2H2,1H3;1H2;1H4. The lowest BCUT2D eigenvalue weighted by Crippen LogP contribution is -2.50. The molecule has 0 saturated heterocycles. The molecule has 0 aliphatic heterocycles. The minimum Gasteiger partial charge on any atom is -0.333 e. The van der Waals surface area contributed by atoms with E-state index in [-0.39, 0.29) is 7.43 Å². The molecule has 4 rings (SSSR count). The summed E-state index contributed by atoms with van der Waals surface area (Å²) in [4.78, 5) is 8.00. The maximum atomic E-state index is 8.27. The van der Waals surface area contributed by atoms with Crippen molar-refractivity contribution in [1.82, 2.24) is 5.32 Å². The van der Waals surface area contributed by atoms with E-state index in [4.69, 9.17) is 10.2 Å². The molecule has 4 N–H and O–H groups in total. The predicted octanol–water partition coefficient (Wildman–Crippen LogP) is 7.91. The van der Waals surface area contributed by atoms with Gasteiger partial charge in [-0.3, -0.25) is 0 Å². The van der Waals surface area contributed by atoms with Crippen LogP contribution in [-0.2, 0) is 4.79 Å². The fourth-order valence-corrected chi connectivity index (χ4v) is 8.16. The summed E-state index contributed by atoms with van der Waals surface area (Å²) in [6.07, 6.45) is 14.9. The summed E-state index contributed by atoms with van der Waals surface area (Å²) >= 11 is 0. The van der Waals surface area contributed by atoms with Crippen LogP contribution in [0.5, 0.6) is 0 Å². The van der Waals surface area contributed by atoms with Crippen LogP contribution in [0.25, 0.3) is 0 Å². The molecule has 4 aliphatic carbocycles. The average Bonchev–Trinajstić information content (AvgIpc) is 3.20. The average molecular weight is 506 g/mol. The molecule has 4 heteroatoms. The summed E-state index contributed by atoms with van der Waals surface area (Å²) in [5.41, 5.74) is 8.69. The molecule has 4 nitrogen and oxygen atoms in total. The van der Waals surface area contributed by atoms with Crippen LogP contribution in [0.2, 0.25) is 0 Å². The molecule has 0 aromatic heterocycles. The fraction of sp³-hybridized carbons (Fsp3) is 0.875. The number of carbonyl (C=O) groups excluding carboxylic acids is 1. The number of hydrogen-bond donors (Lipinski definition) is 3. The first-order valence-electron chi connectivity index (χ1n) is 14.2. The molecule has 0 radical (unpaired) electrons. The molecule has 0 bridgehead atoms. The van der Waals surface area contributed by atoms with E-state index in [1.165, 1.54) is 64.8 Å². The van der Waals surface area contributed by atoms with E-state index in [2.05, 4.69) is 65.6 Å². The van der Waals surface area contributed by atoms with Crippen LogP contribution in [0.1, 0.15) is 114 Å². The van der Waals surface area contributed by atoms with E-state index < -0.39 is 0 Å². The summed E-state index contributed by atoms with van der Waals surface area (Å²) in [5, 5.41) is 11.4. The van der Waals surface area contributed by atoms with Crippen LogP contribution >= 0.6 is 0 Å². The summed E-state index contributed by atoms with van der Waals surface area (Å²) in [5.74, 6) is 4.17. The summed E-state index contributed by atoms with van der Waals surface area (Å²) in [6.45, 7) is 19.5. The van der Waals surface area contributed by atoms with Gasteiger partial charge in [0.15, 0.2) is 0 Å². The molecule has 3 saturated carbocycles. The lowest BCUT2D eigenvalue weighted by molar-refractivity contribution is -0.0980. The van der Waals surface area contributed by atoms with Crippen molar-refractivity contribution in [3.8, 4) is 0 Å². The van der Waals surface area contributed by atoms with Gasteiger partial charge in [-0.25, -0.2) is 0 Å². The third kappa shape index (κ3) is 7.31. The molecule has 0 aromatic carbocycles. The third-order valence-electron chi connectivity index (χ3n) is 10.5. The molecule has 0 aromatic rings. The highest BCUT2D eigenvalue weighted by Crippen LogP contribution is 2.66. The Balaban J connectivity index is 0.000000808. The molecule has 0 spiro atoms. The van der Waals surface area contributed by atoms with Crippen molar-refractivity contribution < 1.29 is 4.79 Å². The molecule has 4 aliphatic rings. The van der Waals surface area contributed by atoms with Gasteiger partial charge >= 0.3 is 0 Å². The zero-order chi connectivity index (χ0) is 27.0. The highest BCUT2D eigenvalue weighted by molar-refractivity contribution is 5.82. The van der Waals surface area contributed by atoms with Crippen LogP contribution in [0.4, 0.5) is 0 Å². The first kappa shape index (κ1) is 35.0. The van der Waals surface area contributed by atoms with Gasteiger partial charge < -0.3 is 21.3 Å². The zero-order valence-corrected chi connectivity index (χ0v) is 24.7. The number of fused-ring (bicyclic) bond motifs is 5. The number of allylic oxidation sites excluding steroid dienone is 2. The second-order valence-electron chi connectivity index (χ2n) is 13.0. The Labute approximate surface area is 225 Å². The van der Waals surface area contributed by atoms with Crippen LogP contribution < -0.4 is 11.1 Å². The van der Waals surface area contributed by atoms with Crippen molar-refractivity contribution in [1.29, 1.82) is 5.41 Å². The fourth-order valence-electron chi connectivity index (χ4n) is 8.16. The molecule has 212 valence electrons. The molecular formula is C32H63N3O. The molecule has 0 heterocycles. The second kappa shape index (κ2) is 14.8. The van der Waals surface area contributed by atoms with Gasteiger partial charge in [-0.2, -0.15) is 0 Å². The lowest BCUT2D eigenvalue weighted by atomic mass is 9.47. The zero-order valence-electron chi connectivity index (χ0n) is 24.7. The molecular weight excluding hydrogens is 442 g/mol. The Bertz CT molecular complexity index is 702. The van der Waals surface area contributed by atoms with Crippen molar-refractivity contribution >= 4 is 12.5 Å². The van der Waals surface area contributed by atoms with E-state index in [0.29, 0.717) is 22.2 Å². The maximum absolute atomic E-state index is 8.27. The van der Waals surface area contributed by atoms with Gasteiger partial charge in [0.1, 0.15) is 6.79 Å². The van der Waals surface area contributed by atoms with E-state index in [0.717, 1.165) is 35.9 Å². The van der Waals surface area contributed by atoms with Crippen molar-refractivity contribution in [2.75, 3.05) is 20.6 Å². The normalized spacial score (nSPS) is 36.3. The third-order valence-corrected chi connectivity index (χ3v) is 10.5. The van der Waals surface area contributed by atoms with Gasteiger partial charge in [-0.05, 0) is 125 Å². The van der Waals surface area contributed by atoms with Gasteiger partial charge in [0.05, 0.1) is 0 Å². The summed E-state index contributed by atoms with van der Waals surface area (Å²) in [7, 11) is 3.50. The van der Waals surface area contributed by atoms with Crippen LogP contribution in [0.15, 0.2) is 11.6 Å². The largest absolute Gasteiger partial charge is 0.333 e. The van der Waals surface area contributed by atoms with Crippen molar-refractivity contribution in [2.24, 2.45) is 51.6 Å². The van der Waals surface area contributed by atoms with E-state index in [1.807, 2.05) is 19.4 Å². The highest BCUT2D eigenvalue weighted by Gasteiger charge is 2.58. The van der Waals surface area contributed by atoms with Crippen LogP contribution in [0.3, 0.4) is 0 Å². The van der Waals surface area contributed by atoms with Gasteiger partial charge in [0.2, 0.25) is 0 Å². The van der Waals surface area contributed by atoms with E-state index in [1.54, 1.807) is 0 Å². The first-order chi connectivity index (χ1) is 16.5. The molecule has 36 heavy (non-hydrogen) atoms. The minimum atomic E-state index is 0. The molecule has 7 unspecified atom stereocenters. The highest BCUT2D eigenvalue weighted by atomic mass is 16.1. The van der Waals surface area contributed by atoms with Crippen molar-refractivity contribution in [2.45, 2.75) is 114 Å². The maximum Gasteiger partial charge on any atom is 0.106 e. The Morgan fingerprint density at radius 3 is 2.25 bits per heavy atom. The van der Waals surface area contributed by atoms with Crippen LogP contribution in [0, 0.1) is 51.2 Å². The Morgan fingerprint density at radius 2 is 1.75 bits per heavy atom. The van der Waals surface area contributed by atoms with E-state index >= 15 is 0 Å². The van der Waals surface area contributed by atoms with E-state index in [9.17, 15) is 0 Å².